The van der Waals surface area contributed by atoms with Crippen LogP contribution in [0, 0.1) is 6.92 Å². The number of carbonyl (C=O) groups excluding carboxylic acids is 4. The van der Waals surface area contributed by atoms with Crippen molar-refractivity contribution >= 4 is 23.9 Å². The summed E-state index contributed by atoms with van der Waals surface area (Å²) in [5.74, 6) is -2.04. The molecule has 0 bridgehead atoms. The van der Waals surface area contributed by atoms with Crippen molar-refractivity contribution in [3.63, 3.8) is 0 Å². The second kappa shape index (κ2) is 14.9. The van der Waals surface area contributed by atoms with Gasteiger partial charge in [0.1, 0.15) is 35.6 Å². The maximum absolute atomic E-state index is 14.2. The molecule has 0 radical (unpaired) electrons. The molecule has 2 rings (SSSR count). The van der Waals surface area contributed by atoms with Crippen molar-refractivity contribution in [1.29, 1.82) is 0 Å². The van der Waals surface area contributed by atoms with E-state index in [0.717, 1.165) is 5.56 Å². The molecule has 0 saturated carbocycles. The third-order valence-corrected chi connectivity index (χ3v) is 6.52. The van der Waals surface area contributed by atoms with E-state index in [2.05, 4.69) is 10.6 Å². The van der Waals surface area contributed by atoms with Crippen LogP contribution in [0.25, 0.3) is 0 Å². The zero-order valence-electron chi connectivity index (χ0n) is 26.8. The van der Waals surface area contributed by atoms with Gasteiger partial charge in [0.05, 0.1) is 0 Å². The van der Waals surface area contributed by atoms with Gasteiger partial charge >= 0.3 is 12.1 Å². The topological polar surface area (TPSA) is 134 Å². The molecule has 0 heterocycles. The number of carbonyl (C=O) groups is 4. The van der Waals surface area contributed by atoms with Crippen LogP contribution in [0.1, 0.15) is 84.5 Å². The Kier molecular flexibility index (Phi) is 12.2. The number of amides is 3. The van der Waals surface area contributed by atoms with Crippen molar-refractivity contribution in [2.45, 2.75) is 104 Å². The number of phenolic OH excluding ortho intramolecular Hbond substituents is 1. The SMILES string of the molecule is CCC(C)N(C(=O)CNC(=O)OC(C)(C)C)C(C(=O)NC(Cc1ccccc1)C(=O)OC(C)(C)C)c1cccc(C)c1O. The number of para-hydroxylation sites is 1. The molecule has 236 valence electrons. The minimum atomic E-state index is -1.33. The number of ether oxygens (including phenoxy) is 2. The molecule has 0 aliphatic heterocycles. The number of phenols is 1. The van der Waals surface area contributed by atoms with Crippen LogP contribution in [-0.4, -0.2) is 63.7 Å². The van der Waals surface area contributed by atoms with Crippen LogP contribution in [0.15, 0.2) is 48.5 Å². The summed E-state index contributed by atoms with van der Waals surface area (Å²) in [4.78, 5) is 55.0. The molecule has 0 aromatic heterocycles. The monoisotopic (exact) mass is 597 g/mol. The normalized spacial score (nSPS) is 13.7. The highest BCUT2D eigenvalue weighted by molar-refractivity contribution is 5.93. The predicted octanol–water partition coefficient (Wildman–Crippen LogP) is 4.96. The molecule has 0 aliphatic carbocycles. The molecule has 3 atom stereocenters. The smallest absolute Gasteiger partial charge is 0.408 e. The third kappa shape index (κ3) is 10.9. The molecule has 43 heavy (non-hydrogen) atoms. The summed E-state index contributed by atoms with van der Waals surface area (Å²) in [7, 11) is 0. The first-order chi connectivity index (χ1) is 19.9. The molecule has 10 heteroatoms. The van der Waals surface area contributed by atoms with Crippen molar-refractivity contribution in [1.82, 2.24) is 15.5 Å². The summed E-state index contributed by atoms with van der Waals surface area (Å²) in [6, 6.07) is 11.2. The summed E-state index contributed by atoms with van der Waals surface area (Å²) >= 11 is 0. The van der Waals surface area contributed by atoms with Crippen LogP contribution in [-0.2, 0) is 30.3 Å². The molecule has 0 saturated heterocycles. The molecule has 10 nitrogen and oxygen atoms in total. The Bertz CT molecular complexity index is 1270. The second-order valence-corrected chi connectivity index (χ2v) is 12.6. The van der Waals surface area contributed by atoms with Crippen molar-refractivity contribution in [3.05, 3.63) is 65.2 Å². The molecule has 3 amide bonds. The Balaban J connectivity index is 2.54. The maximum atomic E-state index is 14.2. The van der Waals surface area contributed by atoms with Gasteiger partial charge in [-0.2, -0.15) is 0 Å². The van der Waals surface area contributed by atoms with Crippen molar-refractivity contribution in [2.24, 2.45) is 0 Å². The van der Waals surface area contributed by atoms with Crippen LogP contribution in [0.4, 0.5) is 4.79 Å². The Morgan fingerprint density at radius 2 is 1.51 bits per heavy atom. The van der Waals surface area contributed by atoms with E-state index in [1.54, 1.807) is 73.6 Å². The number of aryl methyl sites for hydroxylation is 1. The van der Waals surface area contributed by atoms with Gasteiger partial charge in [-0.3, -0.25) is 9.59 Å². The van der Waals surface area contributed by atoms with Crippen LogP contribution < -0.4 is 10.6 Å². The highest BCUT2D eigenvalue weighted by Crippen LogP contribution is 2.33. The fraction of sp³-hybridized carbons (Fsp3) is 0.515. The third-order valence-electron chi connectivity index (χ3n) is 6.52. The van der Waals surface area contributed by atoms with Gasteiger partial charge in [0.2, 0.25) is 11.8 Å². The van der Waals surface area contributed by atoms with Crippen molar-refractivity contribution in [2.75, 3.05) is 6.54 Å². The number of hydrogen-bond donors (Lipinski definition) is 3. The van der Waals surface area contributed by atoms with Crippen LogP contribution in [0.3, 0.4) is 0 Å². The van der Waals surface area contributed by atoms with Crippen LogP contribution in [0.2, 0.25) is 0 Å². The van der Waals surface area contributed by atoms with Gasteiger partial charge in [-0.15, -0.1) is 0 Å². The number of nitrogens with one attached hydrogen (secondary N) is 2. The van der Waals surface area contributed by atoms with Crippen molar-refractivity contribution in [3.8, 4) is 5.75 Å². The Hall–Kier alpha value is -4.08. The first kappa shape index (κ1) is 35.1. The largest absolute Gasteiger partial charge is 0.507 e. The number of esters is 1. The average molecular weight is 598 g/mol. The fourth-order valence-electron chi connectivity index (χ4n) is 4.38. The van der Waals surface area contributed by atoms with Gasteiger partial charge in [0.25, 0.3) is 0 Å². The van der Waals surface area contributed by atoms with Gasteiger partial charge in [-0.25, -0.2) is 9.59 Å². The predicted molar refractivity (Wildman–Crippen MR) is 164 cm³/mol. The number of aromatic hydroxyl groups is 1. The first-order valence-corrected chi connectivity index (χ1v) is 14.6. The molecule has 3 unspecified atom stereocenters. The standard InChI is InChI=1S/C33H47N3O7/c1-10-22(3)36(26(37)20-34-31(41)43-33(7,8)9)27(24-18-14-15-21(2)28(24)38)29(39)35-25(30(40)42-32(4,5)6)19-23-16-12-11-13-17-23/h11-18,22,25,27,38H,10,19-20H2,1-9H3,(H,34,41)(H,35,39). The first-order valence-electron chi connectivity index (χ1n) is 14.6. The lowest BCUT2D eigenvalue weighted by molar-refractivity contribution is -0.159. The van der Waals surface area contributed by atoms with Crippen molar-refractivity contribution < 1.29 is 33.8 Å². The molecular formula is C33H47N3O7. The molecule has 2 aromatic rings. The van der Waals surface area contributed by atoms with E-state index in [-0.39, 0.29) is 17.7 Å². The number of alkyl carbamates (subject to hydrolysis) is 1. The Morgan fingerprint density at radius 1 is 0.907 bits per heavy atom. The van der Waals surface area contributed by atoms with Crippen LogP contribution >= 0.6 is 0 Å². The summed E-state index contributed by atoms with van der Waals surface area (Å²) in [5.41, 5.74) is -0.0889. The van der Waals surface area contributed by atoms with Gasteiger partial charge in [-0.1, -0.05) is 55.5 Å². The van der Waals surface area contributed by atoms with E-state index in [1.165, 1.54) is 4.90 Å². The molecule has 0 fully saturated rings. The lowest BCUT2D eigenvalue weighted by Gasteiger charge is -2.37. The van der Waals surface area contributed by atoms with E-state index in [0.29, 0.717) is 12.0 Å². The lowest BCUT2D eigenvalue weighted by Crippen LogP contribution is -2.54. The van der Waals surface area contributed by atoms with Gasteiger partial charge < -0.3 is 30.1 Å². The molecule has 0 aliphatic rings. The zero-order valence-corrected chi connectivity index (χ0v) is 26.8. The molecule has 2 aromatic carbocycles. The molecule has 0 spiro atoms. The minimum absolute atomic E-state index is 0.144. The quantitative estimate of drug-likeness (QED) is 0.312. The molecule has 3 N–H and O–H groups in total. The summed E-state index contributed by atoms with van der Waals surface area (Å²) in [5, 5.41) is 16.4. The van der Waals surface area contributed by atoms with Gasteiger partial charge in [-0.05, 0) is 72.9 Å². The summed E-state index contributed by atoms with van der Waals surface area (Å²) in [6.07, 6.45) is -0.170. The van der Waals surface area contributed by atoms with E-state index < -0.39 is 59.7 Å². The van der Waals surface area contributed by atoms with E-state index >= 15 is 0 Å². The van der Waals surface area contributed by atoms with Gasteiger partial charge in [0, 0.05) is 18.0 Å². The fourth-order valence-corrected chi connectivity index (χ4v) is 4.38. The summed E-state index contributed by atoms with van der Waals surface area (Å²) < 4.78 is 10.9. The lowest BCUT2D eigenvalue weighted by atomic mass is 9.97. The average Bonchev–Trinajstić information content (AvgIpc) is 2.90. The minimum Gasteiger partial charge on any atom is -0.507 e. The number of hydrogen-bond acceptors (Lipinski definition) is 7. The van der Waals surface area contributed by atoms with E-state index in [9.17, 15) is 24.3 Å². The number of nitrogens with zero attached hydrogens (tertiary/aromatic N) is 1. The summed E-state index contributed by atoms with van der Waals surface area (Å²) in [6.45, 7) is 15.2. The molecular weight excluding hydrogens is 550 g/mol. The Labute approximate surface area is 255 Å². The Morgan fingerprint density at radius 3 is 2.07 bits per heavy atom. The van der Waals surface area contributed by atoms with Gasteiger partial charge in [0.15, 0.2) is 0 Å². The maximum Gasteiger partial charge on any atom is 0.408 e. The van der Waals surface area contributed by atoms with E-state index in [4.69, 9.17) is 9.47 Å². The highest BCUT2D eigenvalue weighted by atomic mass is 16.6. The van der Waals surface area contributed by atoms with E-state index in [1.807, 2.05) is 37.3 Å². The highest BCUT2D eigenvalue weighted by Gasteiger charge is 2.38. The second-order valence-electron chi connectivity index (χ2n) is 12.6. The zero-order chi connectivity index (χ0) is 32.5. The number of benzene rings is 2. The number of rotatable bonds is 11. The van der Waals surface area contributed by atoms with Crippen LogP contribution in [0.5, 0.6) is 5.75 Å².